The summed E-state index contributed by atoms with van der Waals surface area (Å²) in [6.45, 7) is 0. The quantitative estimate of drug-likeness (QED) is 0.153. The van der Waals surface area contributed by atoms with E-state index in [1.807, 2.05) is 0 Å². The summed E-state index contributed by atoms with van der Waals surface area (Å²) in [5.74, 6) is 0. The first-order valence-electron chi connectivity index (χ1n) is 2.24. The van der Waals surface area contributed by atoms with Gasteiger partial charge in [0.1, 0.15) is 27.0 Å². The van der Waals surface area contributed by atoms with Crippen LogP contribution in [0.25, 0.3) is 0 Å². The van der Waals surface area contributed by atoms with E-state index < -0.39 is 0 Å². The van der Waals surface area contributed by atoms with Crippen LogP contribution in [0.3, 0.4) is 0 Å². The Bertz CT molecular complexity index is 225. The van der Waals surface area contributed by atoms with Gasteiger partial charge in [0.2, 0.25) is 0 Å². The van der Waals surface area contributed by atoms with E-state index in [1.165, 1.54) is 27.0 Å². The summed E-state index contributed by atoms with van der Waals surface area (Å²) in [5.41, 5.74) is 0. The Morgan fingerprint density at radius 2 is 0.444 bits per heavy atom. The third kappa shape index (κ3) is 435. The monoisotopic (exact) mass is 415 g/mol. The van der Waals surface area contributed by atoms with Gasteiger partial charge in [-0.15, -0.1) is 0 Å². The molecular weight excluding hydrogens is 408 g/mol. The van der Waals surface area contributed by atoms with Crippen molar-refractivity contribution in [3.63, 3.8) is 0 Å². The van der Waals surface area contributed by atoms with E-state index in [2.05, 4.69) is 63.1 Å². The van der Waals surface area contributed by atoms with Gasteiger partial charge in [-0.1, -0.05) is 63.1 Å². The second-order valence-corrected chi connectivity index (χ2v) is 1.50. The van der Waals surface area contributed by atoms with Crippen molar-refractivity contribution in [2.24, 2.45) is 0 Å². The van der Waals surface area contributed by atoms with Crippen LogP contribution in [-0.4, -0.2) is 0 Å². The fraction of sp³-hybridized carbons (Fsp3) is 0. The van der Waals surface area contributed by atoms with Crippen LogP contribution < -0.4 is 154 Å². The predicted octanol–water partition coefficient (Wildman–Crippen LogP) is -6.66. The predicted molar refractivity (Wildman–Crippen MR) is 76.3 cm³/mol. The molecule has 0 spiro atoms. The molecule has 0 aromatic rings. The normalized spacial score (nSPS) is 2.22. The number of thiocyanates is 5. The van der Waals surface area contributed by atoms with E-state index in [0.717, 1.165) is 0 Å². The number of nitriles is 5. The summed E-state index contributed by atoms with van der Waals surface area (Å²) in [6.07, 6.45) is 0. The summed E-state index contributed by atoms with van der Waals surface area (Å²) in [7, 11) is 0. The summed E-state index contributed by atoms with van der Waals surface area (Å²) < 4.78 is 0. The third-order valence-corrected chi connectivity index (χ3v) is 0. The minimum Gasteiger partial charge on any atom is -1.00 e. The smallest absolute Gasteiger partial charge is 1.00 e. The van der Waals surface area contributed by atoms with Gasteiger partial charge in [0.05, 0.1) is 0 Å². The molecule has 0 rings (SSSR count). The van der Waals surface area contributed by atoms with Crippen LogP contribution >= 0.6 is 63.1 Å². The Morgan fingerprint density at radius 3 is 0.444 bits per heavy atom. The first-order valence-corrected chi connectivity index (χ1v) is 4.47. The first-order chi connectivity index (χ1) is 7.07. The molecule has 18 heavy (non-hydrogen) atoms. The van der Waals surface area contributed by atoms with Crippen molar-refractivity contribution in [2.45, 2.75) is 0 Å². The molecule has 0 aliphatic carbocycles. The molecule has 0 saturated carbocycles. The van der Waals surface area contributed by atoms with E-state index in [-0.39, 0.29) is 158 Å². The summed E-state index contributed by atoms with van der Waals surface area (Å²) in [5, 5.41) is 43.1. The second kappa shape index (κ2) is 103. The zero-order chi connectivity index (χ0) is 13.5. The molecule has 0 N–H and O–H groups in total. The van der Waals surface area contributed by atoms with Gasteiger partial charge in [0.25, 0.3) is 0 Å². The standard InChI is InChI=1S/5CHNS.3K.3H/c5*2-1-3;;;;;;/h5*3H;;;;;;/q;;;;;3*+1;3*-1. The Hall–Kier alpha value is 4.11. The number of nitrogens with zero attached hydrogens (tertiary/aromatic N) is 5. The van der Waals surface area contributed by atoms with E-state index in [4.69, 9.17) is 26.3 Å². The molecule has 0 unspecified atom stereocenters. The average Bonchev–Trinajstić information content (AvgIpc) is 2.09. The van der Waals surface area contributed by atoms with Gasteiger partial charge in [-0.3, -0.25) is 0 Å². The topological polar surface area (TPSA) is 119 Å². The van der Waals surface area contributed by atoms with Gasteiger partial charge in [-0.25, -0.2) is 0 Å². The van der Waals surface area contributed by atoms with Gasteiger partial charge in [0.15, 0.2) is 0 Å². The first kappa shape index (κ1) is 49.5. The van der Waals surface area contributed by atoms with Crippen molar-refractivity contribution >= 4 is 63.1 Å². The molecule has 0 fully saturated rings. The van der Waals surface area contributed by atoms with Crippen molar-refractivity contribution in [1.82, 2.24) is 0 Å². The minimum absolute atomic E-state index is 0. The van der Waals surface area contributed by atoms with E-state index >= 15 is 0 Å². The molecule has 0 aliphatic heterocycles. The van der Waals surface area contributed by atoms with Gasteiger partial charge < -0.3 is 4.28 Å². The van der Waals surface area contributed by atoms with E-state index in [1.54, 1.807) is 0 Å². The van der Waals surface area contributed by atoms with Crippen LogP contribution in [0, 0.1) is 53.3 Å². The van der Waals surface area contributed by atoms with Crippen molar-refractivity contribution in [3.05, 3.63) is 0 Å². The molecular formula is C5H8K3N5S5. The number of thiol groups is 5. The van der Waals surface area contributed by atoms with Crippen molar-refractivity contribution in [2.75, 3.05) is 0 Å². The van der Waals surface area contributed by atoms with Gasteiger partial charge in [0, 0.05) is 0 Å². The SMILES string of the molecule is N#CS.N#CS.N#CS.N#CS.N#CS.[H-].[H-].[H-].[K+].[K+].[K+]. The summed E-state index contributed by atoms with van der Waals surface area (Å²) in [4.78, 5) is 0. The van der Waals surface area contributed by atoms with Crippen molar-refractivity contribution in [3.8, 4) is 27.0 Å². The summed E-state index contributed by atoms with van der Waals surface area (Å²) in [6, 6.07) is 0. The molecule has 86 valence electrons. The number of hydrogen-bond donors (Lipinski definition) is 5. The molecule has 0 aliphatic rings. The van der Waals surface area contributed by atoms with Gasteiger partial charge in [-0.2, -0.15) is 26.3 Å². The van der Waals surface area contributed by atoms with Gasteiger partial charge in [-0.05, 0) is 0 Å². The van der Waals surface area contributed by atoms with Crippen LogP contribution in [0.5, 0.6) is 0 Å². The van der Waals surface area contributed by atoms with Crippen LogP contribution in [-0.2, 0) is 0 Å². The van der Waals surface area contributed by atoms with Crippen LogP contribution in [0.1, 0.15) is 4.28 Å². The molecule has 13 heteroatoms. The zero-order valence-corrected chi connectivity index (χ0v) is 23.8. The van der Waals surface area contributed by atoms with Gasteiger partial charge >= 0.3 is 154 Å². The average molecular weight is 416 g/mol. The molecule has 0 heterocycles. The Morgan fingerprint density at radius 1 is 0.444 bits per heavy atom. The van der Waals surface area contributed by atoms with Crippen LogP contribution in [0.4, 0.5) is 0 Å². The minimum atomic E-state index is 0. The van der Waals surface area contributed by atoms with Crippen molar-refractivity contribution < 1.29 is 158 Å². The maximum Gasteiger partial charge on any atom is 1.00 e. The Kier molecular flexibility index (Phi) is 283. The molecule has 0 bridgehead atoms. The maximum atomic E-state index is 7.18. The second-order valence-electron chi connectivity index (χ2n) is 0.500. The molecule has 0 amide bonds. The number of hydrogen-bond acceptors (Lipinski definition) is 10. The Labute approximate surface area is 267 Å². The maximum absolute atomic E-state index is 7.18. The third-order valence-electron chi connectivity index (χ3n) is 0. The zero-order valence-electron chi connectivity index (χ0n) is 13.0. The van der Waals surface area contributed by atoms with E-state index in [0.29, 0.717) is 0 Å². The summed E-state index contributed by atoms with van der Waals surface area (Å²) >= 11 is 15.5. The fourth-order valence-corrected chi connectivity index (χ4v) is 0. The number of rotatable bonds is 0. The Balaban J connectivity index is -0.00000000617. The molecule has 0 atom stereocenters. The molecule has 0 radical (unpaired) electrons. The van der Waals surface area contributed by atoms with Crippen LogP contribution in [0.15, 0.2) is 0 Å². The molecule has 0 saturated heterocycles. The van der Waals surface area contributed by atoms with Crippen molar-refractivity contribution in [1.29, 1.82) is 26.3 Å². The van der Waals surface area contributed by atoms with E-state index in [9.17, 15) is 0 Å². The molecule has 0 aromatic heterocycles. The molecule has 0 aromatic carbocycles. The van der Waals surface area contributed by atoms with Crippen LogP contribution in [0.2, 0.25) is 0 Å². The molecule has 5 nitrogen and oxygen atoms in total. The fourth-order valence-electron chi connectivity index (χ4n) is 0. The largest absolute Gasteiger partial charge is 1.00 e.